The molecule has 178 valence electrons. The van der Waals surface area contributed by atoms with E-state index in [0.29, 0.717) is 12.0 Å². The van der Waals surface area contributed by atoms with Crippen LogP contribution in [0.2, 0.25) is 0 Å². The topological polar surface area (TPSA) is 55.8 Å². The van der Waals surface area contributed by atoms with Crippen LogP contribution in [-0.2, 0) is 22.1 Å². The number of alkyl halides is 3. The predicted octanol–water partition coefficient (Wildman–Crippen LogP) is 6.76. The van der Waals surface area contributed by atoms with Gasteiger partial charge in [-0.2, -0.15) is 13.2 Å². The van der Waals surface area contributed by atoms with Crippen LogP contribution in [0.25, 0.3) is 5.57 Å². The van der Waals surface area contributed by atoms with Crippen molar-refractivity contribution in [2.24, 2.45) is 0 Å². The molecule has 1 aliphatic heterocycles. The predicted molar refractivity (Wildman–Crippen MR) is 111 cm³/mol. The zero-order valence-corrected chi connectivity index (χ0v) is 18.7. The van der Waals surface area contributed by atoms with Gasteiger partial charge in [-0.15, -0.1) is 0 Å². The quantitative estimate of drug-likeness (QED) is 0.502. The van der Waals surface area contributed by atoms with E-state index in [1.807, 2.05) is 6.92 Å². The molecule has 0 saturated carbocycles. The van der Waals surface area contributed by atoms with Crippen molar-refractivity contribution < 1.29 is 41.3 Å². The second-order valence-electron chi connectivity index (χ2n) is 8.72. The number of aliphatic hydroxyl groups is 1. The summed E-state index contributed by atoms with van der Waals surface area (Å²) in [6.07, 6.45) is -4.48. The van der Waals surface area contributed by atoms with Gasteiger partial charge in [0, 0.05) is 0 Å². The fourth-order valence-electron chi connectivity index (χ4n) is 3.79. The number of ether oxygens (including phenoxy) is 2. The van der Waals surface area contributed by atoms with Gasteiger partial charge < -0.3 is 14.6 Å². The van der Waals surface area contributed by atoms with Crippen LogP contribution in [0.15, 0.2) is 36.1 Å². The molecule has 33 heavy (non-hydrogen) atoms. The van der Waals surface area contributed by atoms with Crippen molar-refractivity contribution in [1.29, 1.82) is 0 Å². The number of ketones is 1. The van der Waals surface area contributed by atoms with E-state index >= 15 is 0 Å². The Morgan fingerprint density at radius 1 is 1.00 bits per heavy atom. The minimum absolute atomic E-state index is 0.0214. The maximum absolute atomic E-state index is 14.3. The van der Waals surface area contributed by atoms with Crippen LogP contribution in [0.4, 0.5) is 22.0 Å². The second kappa shape index (κ2) is 8.13. The van der Waals surface area contributed by atoms with Gasteiger partial charge in [0.15, 0.2) is 23.2 Å². The lowest BCUT2D eigenvalue weighted by Gasteiger charge is -2.40. The molecule has 0 unspecified atom stereocenters. The summed E-state index contributed by atoms with van der Waals surface area (Å²) in [6.45, 7) is 8.11. The van der Waals surface area contributed by atoms with E-state index in [1.54, 1.807) is 33.8 Å². The minimum atomic E-state index is -4.93. The molecule has 0 fully saturated rings. The molecule has 4 nitrogen and oxygen atoms in total. The Hall–Kier alpha value is -2.94. The lowest BCUT2D eigenvalue weighted by Crippen LogP contribution is -2.49. The van der Waals surface area contributed by atoms with Crippen LogP contribution in [0.3, 0.4) is 0 Å². The smallest absolute Gasteiger partial charge is 0.416 e. The Labute approximate surface area is 187 Å². The number of Topliss-reactive ketones (excluding diaryl/α,β-unsaturated/α-hetero) is 1. The molecule has 0 amide bonds. The van der Waals surface area contributed by atoms with Gasteiger partial charge >= 0.3 is 6.18 Å². The largest absolute Gasteiger partial charge is 0.508 e. The normalized spacial score (nSPS) is 17.9. The average molecular weight is 470 g/mol. The van der Waals surface area contributed by atoms with E-state index in [0.717, 1.165) is 0 Å². The van der Waals surface area contributed by atoms with Crippen molar-refractivity contribution in [3.8, 4) is 11.5 Å². The number of carbonyl (C=O) groups excluding carboxylic acids is 1. The van der Waals surface area contributed by atoms with Gasteiger partial charge in [-0.1, -0.05) is 13.0 Å². The zero-order chi connectivity index (χ0) is 24.9. The summed E-state index contributed by atoms with van der Waals surface area (Å²) in [7, 11) is 0. The van der Waals surface area contributed by atoms with Crippen LogP contribution < -0.4 is 4.74 Å². The number of aryl methyl sites for hydroxylation is 1. The summed E-state index contributed by atoms with van der Waals surface area (Å²) in [6, 6.07) is 4.52. The first-order valence-electron chi connectivity index (χ1n) is 10.1. The third-order valence-corrected chi connectivity index (χ3v) is 5.37. The molecule has 3 rings (SSSR count). The third kappa shape index (κ3) is 4.59. The lowest BCUT2D eigenvalue weighted by molar-refractivity contribution is -0.158. The van der Waals surface area contributed by atoms with Crippen molar-refractivity contribution in [3.05, 3.63) is 64.4 Å². The molecule has 9 heteroatoms. The molecule has 0 atom stereocenters. The van der Waals surface area contributed by atoms with Crippen molar-refractivity contribution >= 4 is 11.4 Å². The molecule has 0 saturated heterocycles. The molecule has 0 spiro atoms. The van der Waals surface area contributed by atoms with Crippen LogP contribution in [0.1, 0.15) is 51.3 Å². The molecule has 0 aliphatic carbocycles. The van der Waals surface area contributed by atoms with Crippen LogP contribution in [0, 0.1) is 11.6 Å². The maximum atomic E-state index is 14.3. The van der Waals surface area contributed by atoms with Crippen LogP contribution in [0.5, 0.6) is 11.5 Å². The van der Waals surface area contributed by atoms with E-state index in [-0.39, 0.29) is 34.8 Å². The highest BCUT2D eigenvalue weighted by molar-refractivity contribution is 6.26. The standard InChI is InChI=1S/C24H23F5O4/c1-6-12-7-8-14(32-19-16(25)9-13(10-17(19)26)24(27,28)29)11-15(12)18-20(30)22(2,3)33-23(4,5)21(18)31/h7-11,30H,6H2,1-5H3. The summed E-state index contributed by atoms with van der Waals surface area (Å²) in [5.74, 6) is -5.03. The highest BCUT2D eigenvalue weighted by Gasteiger charge is 2.47. The molecular weight excluding hydrogens is 447 g/mol. The lowest BCUT2D eigenvalue weighted by atomic mass is 9.81. The van der Waals surface area contributed by atoms with Gasteiger partial charge in [-0.05, 0) is 69.5 Å². The van der Waals surface area contributed by atoms with E-state index < -0.39 is 46.1 Å². The Bertz CT molecular complexity index is 1120. The molecular formula is C24H23F5O4. The van der Waals surface area contributed by atoms with Gasteiger partial charge in [0.2, 0.25) is 0 Å². The van der Waals surface area contributed by atoms with Crippen LogP contribution >= 0.6 is 0 Å². The Balaban J connectivity index is 2.13. The molecule has 0 aromatic heterocycles. The number of rotatable bonds is 4. The second-order valence-corrected chi connectivity index (χ2v) is 8.72. The van der Waals surface area contributed by atoms with E-state index in [1.165, 1.54) is 12.1 Å². The fourth-order valence-corrected chi connectivity index (χ4v) is 3.79. The zero-order valence-electron chi connectivity index (χ0n) is 18.7. The number of hydrogen-bond donors (Lipinski definition) is 1. The Kier molecular flexibility index (Phi) is 6.08. The van der Waals surface area contributed by atoms with Gasteiger partial charge in [-0.25, -0.2) is 8.78 Å². The average Bonchev–Trinajstić information content (AvgIpc) is 2.68. The van der Waals surface area contributed by atoms with E-state index in [2.05, 4.69) is 0 Å². The molecule has 2 aromatic carbocycles. The molecule has 1 N–H and O–H groups in total. The number of carbonyl (C=O) groups is 1. The van der Waals surface area contributed by atoms with Crippen LogP contribution in [-0.4, -0.2) is 22.1 Å². The molecule has 0 radical (unpaired) electrons. The molecule has 1 heterocycles. The third-order valence-electron chi connectivity index (χ3n) is 5.37. The van der Waals surface area contributed by atoms with Crippen molar-refractivity contribution in [2.45, 2.75) is 58.4 Å². The van der Waals surface area contributed by atoms with Crippen molar-refractivity contribution in [3.63, 3.8) is 0 Å². The first kappa shape index (κ1) is 24.7. The summed E-state index contributed by atoms with van der Waals surface area (Å²) < 4.78 is 77.9. The number of aliphatic hydroxyl groups excluding tert-OH is 1. The van der Waals surface area contributed by atoms with E-state index in [4.69, 9.17) is 9.47 Å². The summed E-state index contributed by atoms with van der Waals surface area (Å²) in [5, 5.41) is 10.8. The monoisotopic (exact) mass is 470 g/mol. The molecule has 1 aliphatic rings. The Morgan fingerprint density at radius 2 is 1.58 bits per heavy atom. The summed E-state index contributed by atoms with van der Waals surface area (Å²) >= 11 is 0. The first-order chi connectivity index (χ1) is 15.1. The maximum Gasteiger partial charge on any atom is 0.416 e. The Morgan fingerprint density at radius 3 is 2.09 bits per heavy atom. The molecule has 0 bridgehead atoms. The number of hydrogen-bond acceptors (Lipinski definition) is 4. The van der Waals surface area contributed by atoms with Crippen molar-refractivity contribution in [2.75, 3.05) is 0 Å². The SMILES string of the molecule is CCc1ccc(Oc2c(F)cc(C(F)(F)F)cc2F)cc1C1=C(O)C(C)(C)OC(C)(C)C1=O. The summed E-state index contributed by atoms with van der Waals surface area (Å²) in [5.41, 5.74) is -3.06. The number of benzene rings is 2. The fraction of sp³-hybridized carbons (Fsp3) is 0.375. The van der Waals surface area contributed by atoms with E-state index in [9.17, 15) is 31.9 Å². The van der Waals surface area contributed by atoms with Gasteiger partial charge in [0.25, 0.3) is 0 Å². The minimum Gasteiger partial charge on any atom is -0.508 e. The van der Waals surface area contributed by atoms with Crippen molar-refractivity contribution in [1.82, 2.24) is 0 Å². The highest BCUT2D eigenvalue weighted by Crippen LogP contribution is 2.42. The first-order valence-corrected chi connectivity index (χ1v) is 10.1. The van der Waals surface area contributed by atoms with Gasteiger partial charge in [0.1, 0.15) is 22.7 Å². The highest BCUT2D eigenvalue weighted by atomic mass is 19.4. The van der Waals surface area contributed by atoms with Gasteiger partial charge in [0.05, 0.1) is 11.1 Å². The van der Waals surface area contributed by atoms with Gasteiger partial charge in [-0.3, -0.25) is 4.79 Å². The summed E-state index contributed by atoms with van der Waals surface area (Å²) in [4.78, 5) is 13.1. The molecule has 2 aromatic rings. The number of halogens is 5.